The maximum Gasteiger partial charge on any atom is 0.408 e. The lowest BCUT2D eigenvalue weighted by Crippen LogP contribution is -2.58. The molecule has 3 aromatic rings. The minimum atomic E-state index is -1.15. The first-order valence-corrected chi connectivity index (χ1v) is 11.9. The van der Waals surface area contributed by atoms with Crippen molar-refractivity contribution >= 4 is 22.9 Å². The molecule has 2 amide bonds. The molecule has 6 heteroatoms. The molecule has 33 heavy (non-hydrogen) atoms. The van der Waals surface area contributed by atoms with Gasteiger partial charge in [0.25, 0.3) is 0 Å². The SMILES string of the molecule is C[C@@](Cc1c[nH]c2ccccc12)(NC(=O)OC1CCCCC1)C(=O)NCCc1ccccc1. The maximum atomic E-state index is 13.4. The van der Waals surface area contributed by atoms with Gasteiger partial charge in [-0.2, -0.15) is 0 Å². The fourth-order valence-corrected chi connectivity index (χ4v) is 4.59. The highest BCUT2D eigenvalue weighted by atomic mass is 16.6. The van der Waals surface area contributed by atoms with Gasteiger partial charge in [0.05, 0.1) is 0 Å². The Kier molecular flexibility index (Phi) is 7.33. The number of ether oxygens (including phenoxy) is 1. The lowest BCUT2D eigenvalue weighted by Gasteiger charge is -2.31. The van der Waals surface area contributed by atoms with Gasteiger partial charge >= 0.3 is 6.09 Å². The molecule has 3 N–H and O–H groups in total. The molecule has 1 atom stereocenters. The lowest BCUT2D eigenvalue weighted by atomic mass is 9.91. The van der Waals surface area contributed by atoms with E-state index in [0.29, 0.717) is 13.0 Å². The molecular formula is C27H33N3O3. The van der Waals surface area contributed by atoms with Crippen molar-refractivity contribution in [2.24, 2.45) is 0 Å². The molecule has 0 bridgehead atoms. The normalized spacial score (nSPS) is 16.2. The van der Waals surface area contributed by atoms with E-state index < -0.39 is 11.6 Å². The molecule has 1 heterocycles. The predicted octanol–water partition coefficient (Wildman–Crippen LogP) is 4.89. The predicted molar refractivity (Wildman–Crippen MR) is 130 cm³/mol. The van der Waals surface area contributed by atoms with Crippen LogP contribution in [0, 0.1) is 0 Å². The van der Waals surface area contributed by atoms with Gasteiger partial charge in [-0.3, -0.25) is 4.79 Å². The number of nitrogens with one attached hydrogen (secondary N) is 3. The highest BCUT2D eigenvalue weighted by Crippen LogP contribution is 2.24. The Morgan fingerprint density at radius 2 is 1.76 bits per heavy atom. The first-order valence-electron chi connectivity index (χ1n) is 11.9. The highest BCUT2D eigenvalue weighted by molar-refractivity contribution is 5.91. The van der Waals surface area contributed by atoms with E-state index in [1.165, 1.54) is 6.42 Å². The van der Waals surface area contributed by atoms with Crippen LogP contribution in [0.5, 0.6) is 0 Å². The Hall–Kier alpha value is -3.28. The van der Waals surface area contributed by atoms with Gasteiger partial charge in [-0.1, -0.05) is 55.0 Å². The summed E-state index contributed by atoms with van der Waals surface area (Å²) < 4.78 is 5.68. The van der Waals surface area contributed by atoms with Gasteiger partial charge in [-0.15, -0.1) is 0 Å². The maximum absolute atomic E-state index is 13.4. The van der Waals surface area contributed by atoms with E-state index in [9.17, 15) is 9.59 Å². The van der Waals surface area contributed by atoms with Crippen LogP contribution in [0.4, 0.5) is 4.79 Å². The average Bonchev–Trinajstić information content (AvgIpc) is 3.22. The minimum absolute atomic E-state index is 0.0720. The number of hydrogen-bond donors (Lipinski definition) is 3. The molecule has 0 radical (unpaired) electrons. The second-order valence-corrected chi connectivity index (χ2v) is 9.15. The largest absolute Gasteiger partial charge is 0.446 e. The molecule has 0 saturated heterocycles. The van der Waals surface area contributed by atoms with Gasteiger partial charge in [-0.25, -0.2) is 4.79 Å². The molecule has 4 rings (SSSR count). The molecule has 1 saturated carbocycles. The number of rotatable bonds is 8. The van der Waals surface area contributed by atoms with E-state index in [1.807, 2.05) is 60.8 Å². The van der Waals surface area contributed by atoms with E-state index in [-0.39, 0.29) is 12.0 Å². The van der Waals surface area contributed by atoms with Crippen molar-refractivity contribution in [2.45, 2.75) is 63.5 Å². The number of fused-ring (bicyclic) bond motifs is 1. The molecule has 174 valence electrons. The summed E-state index contributed by atoms with van der Waals surface area (Å²) in [5.74, 6) is -0.218. The number of benzene rings is 2. The Balaban J connectivity index is 1.47. The Morgan fingerprint density at radius 3 is 2.55 bits per heavy atom. The number of alkyl carbamates (subject to hydrolysis) is 1. The second-order valence-electron chi connectivity index (χ2n) is 9.15. The smallest absolute Gasteiger partial charge is 0.408 e. The standard InChI is InChI=1S/C27H33N3O3/c1-27(30-26(32)33-22-12-6-3-7-13-22,18-21-19-29-24-15-9-8-14-23(21)24)25(31)28-17-16-20-10-4-2-5-11-20/h2,4-5,8-11,14-15,19,22,29H,3,6-7,12-13,16-18H2,1H3,(H,28,31)(H,30,32)/t27-/m0/s1. The van der Waals surface area contributed by atoms with Gasteiger partial charge in [-0.05, 0) is 56.2 Å². The number of carbonyl (C=O) groups excluding carboxylic acids is 2. The Bertz CT molecular complexity index is 1070. The summed E-state index contributed by atoms with van der Waals surface area (Å²) in [6.45, 7) is 2.26. The van der Waals surface area contributed by atoms with Crippen molar-refractivity contribution in [3.05, 3.63) is 71.9 Å². The monoisotopic (exact) mass is 447 g/mol. The molecule has 1 aliphatic carbocycles. The number of aromatic amines is 1. The van der Waals surface area contributed by atoms with E-state index in [1.54, 1.807) is 6.92 Å². The van der Waals surface area contributed by atoms with Crippen LogP contribution in [-0.4, -0.2) is 35.2 Å². The van der Waals surface area contributed by atoms with Crippen LogP contribution >= 0.6 is 0 Å². The molecule has 2 aromatic carbocycles. The molecule has 6 nitrogen and oxygen atoms in total. The molecule has 0 unspecified atom stereocenters. The van der Waals surface area contributed by atoms with E-state index in [2.05, 4.69) is 15.6 Å². The summed E-state index contributed by atoms with van der Waals surface area (Å²) in [6, 6.07) is 18.0. The van der Waals surface area contributed by atoms with E-state index in [0.717, 1.165) is 54.1 Å². The van der Waals surface area contributed by atoms with Gasteiger partial charge < -0.3 is 20.4 Å². The van der Waals surface area contributed by atoms with Gasteiger partial charge in [0.15, 0.2) is 0 Å². The van der Waals surface area contributed by atoms with Gasteiger partial charge in [0, 0.05) is 30.1 Å². The van der Waals surface area contributed by atoms with Crippen molar-refractivity contribution in [3.8, 4) is 0 Å². The van der Waals surface area contributed by atoms with Crippen LogP contribution in [0.1, 0.15) is 50.2 Å². The molecule has 1 fully saturated rings. The first-order chi connectivity index (χ1) is 16.0. The van der Waals surface area contributed by atoms with Crippen molar-refractivity contribution in [1.29, 1.82) is 0 Å². The molecular weight excluding hydrogens is 414 g/mol. The van der Waals surface area contributed by atoms with Crippen molar-refractivity contribution in [2.75, 3.05) is 6.54 Å². The van der Waals surface area contributed by atoms with Gasteiger partial charge in [0.1, 0.15) is 11.6 Å². The summed E-state index contributed by atoms with van der Waals surface area (Å²) in [7, 11) is 0. The van der Waals surface area contributed by atoms with Crippen LogP contribution in [0.2, 0.25) is 0 Å². The third-order valence-corrected chi connectivity index (χ3v) is 6.47. The summed E-state index contributed by atoms with van der Waals surface area (Å²) in [5.41, 5.74) is 1.99. The van der Waals surface area contributed by atoms with E-state index in [4.69, 9.17) is 4.74 Å². The average molecular weight is 448 g/mol. The zero-order chi connectivity index (χ0) is 23.1. The topological polar surface area (TPSA) is 83.2 Å². The van der Waals surface area contributed by atoms with E-state index >= 15 is 0 Å². The Morgan fingerprint density at radius 1 is 1.03 bits per heavy atom. The number of H-pyrrole nitrogens is 1. The fraction of sp³-hybridized carbons (Fsp3) is 0.407. The molecule has 1 aromatic heterocycles. The number of amides is 2. The summed E-state index contributed by atoms with van der Waals surface area (Å²) in [5, 5.41) is 6.97. The lowest BCUT2D eigenvalue weighted by molar-refractivity contribution is -0.127. The van der Waals surface area contributed by atoms with Gasteiger partial charge in [0.2, 0.25) is 5.91 Å². The highest BCUT2D eigenvalue weighted by Gasteiger charge is 2.37. The summed E-state index contributed by atoms with van der Waals surface area (Å²) in [6.07, 6.45) is 7.49. The van der Waals surface area contributed by atoms with Crippen LogP contribution in [0.25, 0.3) is 10.9 Å². The quantitative estimate of drug-likeness (QED) is 0.460. The van der Waals surface area contributed by atoms with Crippen molar-refractivity contribution in [1.82, 2.24) is 15.6 Å². The minimum Gasteiger partial charge on any atom is -0.446 e. The van der Waals surface area contributed by atoms with Crippen LogP contribution in [0.15, 0.2) is 60.8 Å². The van der Waals surface area contributed by atoms with Crippen molar-refractivity contribution < 1.29 is 14.3 Å². The summed E-state index contributed by atoms with van der Waals surface area (Å²) in [4.78, 5) is 29.4. The number of hydrogen-bond acceptors (Lipinski definition) is 3. The zero-order valence-electron chi connectivity index (χ0n) is 19.2. The Labute approximate surface area is 195 Å². The molecule has 0 spiro atoms. The fourth-order valence-electron chi connectivity index (χ4n) is 4.59. The van der Waals surface area contributed by atoms with Crippen LogP contribution in [0.3, 0.4) is 0 Å². The zero-order valence-corrected chi connectivity index (χ0v) is 19.2. The second kappa shape index (κ2) is 10.6. The van der Waals surface area contributed by atoms with Crippen molar-refractivity contribution in [3.63, 3.8) is 0 Å². The van der Waals surface area contributed by atoms with Crippen LogP contribution < -0.4 is 10.6 Å². The number of aromatic nitrogens is 1. The summed E-state index contributed by atoms with van der Waals surface area (Å²) >= 11 is 0. The van der Waals surface area contributed by atoms with Crippen LogP contribution in [-0.2, 0) is 22.4 Å². The number of para-hydroxylation sites is 1. The third kappa shape index (κ3) is 5.95. The number of carbonyl (C=O) groups is 2. The molecule has 0 aliphatic heterocycles. The first kappa shape index (κ1) is 22.9. The third-order valence-electron chi connectivity index (χ3n) is 6.47. The molecule has 1 aliphatic rings.